The zero-order chi connectivity index (χ0) is 25.4. The topological polar surface area (TPSA) is 113 Å². The second kappa shape index (κ2) is 10.4. The summed E-state index contributed by atoms with van der Waals surface area (Å²) in [6.07, 6.45) is 10.3. The highest BCUT2D eigenvalue weighted by Gasteiger charge is 2.41. The third-order valence-corrected chi connectivity index (χ3v) is 9.34. The van der Waals surface area contributed by atoms with Crippen molar-refractivity contribution in [3.05, 3.63) is 29.5 Å². The summed E-state index contributed by atoms with van der Waals surface area (Å²) in [4.78, 5) is 30.9. The van der Waals surface area contributed by atoms with Crippen LogP contribution in [0, 0.1) is 23.2 Å². The number of aromatic nitrogens is 3. The van der Waals surface area contributed by atoms with Crippen LogP contribution in [-0.2, 0) is 0 Å². The fourth-order valence-corrected chi connectivity index (χ4v) is 7.18. The Morgan fingerprint density at radius 3 is 2.73 bits per heavy atom. The van der Waals surface area contributed by atoms with Crippen LogP contribution < -0.4 is 10.6 Å². The number of thiazole rings is 1. The van der Waals surface area contributed by atoms with E-state index in [2.05, 4.69) is 54.6 Å². The first-order chi connectivity index (χ1) is 18.1. The number of H-pyrrole nitrogens is 1. The number of fused-ring (bicyclic) bond motifs is 2. The second-order valence-electron chi connectivity index (χ2n) is 10.9. The lowest BCUT2D eigenvalue weighted by molar-refractivity contribution is 0.0921. The van der Waals surface area contributed by atoms with Crippen molar-refractivity contribution in [3.8, 4) is 16.6 Å². The van der Waals surface area contributed by atoms with E-state index in [1.807, 2.05) is 12.4 Å². The Bertz CT molecular complexity index is 1290. The molecule has 6 rings (SSSR count). The number of piperidine rings is 1. The number of nitrogens with zero attached hydrogens (tertiary/aromatic N) is 5. The molecule has 0 bridgehead atoms. The van der Waals surface area contributed by atoms with E-state index in [0.717, 1.165) is 85.7 Å². The van der Waals surface area contributed by atoms with Gasteiger partial charge in [-0.3, -0.25) is 4.79 Å². The van der Waals surface area contributed by atoms with E-state index in [-0.39, 0.29) is 11.9 Å². The molecule has 0 spiro atoms. The number of nitrogens with one attached hydrogen (secondary N) is 3. The summed E-state index contributed by atoms with van der Waals surface area (Å²) in [7, 11) is 2.12. The van der Waals surface area contributed by atoms with Crippen molar-refractivity contribution >= 4 is 34.0 Å². The van der Waals surface area contributed by atoms with Gasteiger partial charge in [-0.15, -0.1) is 11.3 Å². The van der Waals surface area contributed by atoms with E-state index in [4.69, 9.17) is 5.26 Å². The molecule has 37 heavy (non-hydrogen) atoms. The number of nitriles is 1. The molecule has 1 saturated carbocycles. The molecular weight excluding hydrogens is 484 g/mol. The van der Waals surface area contributed by atoms with Gasteiger partial charge in [-0.25, -0.2) is 9.97 Å². The summed E-state index contributed by atoms with van der Waals surface area (Å²) in [5, 5.41) is 17.8. The van der Waals surface area contributed by atoms with E-state index in [9.17, 15) is 4.79 Å². The molecule has 1 amide bonds. The van der Waals surface area contributed by atoms with E-state index >= 15 is 0 Å². The zero-order valence-corrected chi connectivity index (χ0v) is 22.1. The van der Waals surface area contributed by atoms with E-state index < -0.39 is 0 Å². The molecule has 2 aliphatic heterocycles. The van der Waals surface area contributed by atoms with Crippen LogP contribution in [0.4, 0.5) is 5.69 Å². The van der Waals surface area contributed by atoms with Crippen LogP contribution in [-0.4, -0.2) is 82.5 Å². The van der Waals surface area contributed by atoms with Gasteiger partial charge in [-0.2, -0.15) is 5.26 Å². The number of rotatable bonds is 7. The van der Waals surface area contributed by atoms with Crippen LogP contribution >= 0.6 is 11.3 Å². The molecule has 2 saturated heterocycles. The molecule has 3 aliphatic rings. The van der Waals surface area contributed by atoms with Gasteiger partial charge >= 0.3 is 0 Å². The lowest BCUT2D eigenvalue weighted by Gasteiger charge is -2.29. The molecule has 3 aromatic rings. The molecule has 0 radical (unpaired) electrons. The number of aromatic amines is 1. The maximum absolute atomic E-state index is 13.0. The molecule has 9 nitrogen and oxygen atoms in total. The summed E-state index contributed by atoms with van der Waals surface area (Å²) in [6, 6.07) is 4.95. The Morgan fingerprint density at radius 1 is 1.19 bits per heavy atom. The number of carbonyl (C=O) groups is 1. The van der Waals surface area contributed by atoms with Gasteiger partial charge in [0.2, 0.25) is 0 Å². The van der Waals surface area contributed by atoms with E-state index in [1.54, 1.807) is 6.20 Å². The summed E-state index contributed by atoms with van der Waals surface area (Å²) in [5.41, 5.74) is 2.85. The van der Waals surface area contributed by atoms with Crippen molar-refractivity contribution in [1.29, 1.82) is 5.26 Å². The van der Waals surface area contributed by atoms with Gasteiger partial charge in [0.05, 0.1) is 23.5 Å². The third-order valence-electron chi connectivity index (χ3n) is 8.32. The van der Waals surface area contributed by atoms with Crippen LogP contribution in [0.2, 0.25) is 0 Å². The molecule has 3 N–H and O–H groups in total. The van der Waals surface area contributed by atoms with E-state index in [1.165, 1.54) is 11.3 Å². The number of hydrogen-bond donors (Lipinski definition) is 3. The molecular formula is C27H34N8OS. The van der Waals surface area contributed by atoms with Crippen LogP contribution in [0.25, 0.3) is 21.6 Å². The van der Waals surface area contributed by atoms with Gasteiger partial charge in [0, 0.05) is 55.9 Å². The quantitative estimate of drug-likeness (QED) is 0.438. The Hall–Kier alpha value is -3.00. The van der Waals surface area contributed by atoms with Crippen molar-refractivity contribution in [2.45, 2.75) is 44.2 Å². The van der Waals surface area contributed by atoms with Crippen molar-refractivity contribution in [3.63, 3.8) is 0 Å². The minimum absolute atomic E-state index is 0.0342. The highest BCUT2D eigenvalue weighted by molar-refractivity contribution is 7.17. The average Bonchev–Trinajstić information content (AvgIpc) is 3.68. The largest absolute Gasteiger partial charge is 0.381 e. The number of carbonyl (C=O) groups excluding carboxylic acids is 1. The first kappa shape index (κ1) is 24.3. The van der Waals surface area contributed by atoms with Crippen molar-refractivity contribution in [1.82, 2.24) is 30.1 Å². The van der Waals surface area contributed by atoms with Crippen molar-refractivity contribution in [2.24, 2.45) is 11.8 Å². The average molecular weight is 519 g/mol. The number of pyridine rings is 1. The van der Waals surface area contributed by atoms with Crippen molar-refractivity contribution in [2.75, 3.05) is 45.1 Å². The predicted molar refractivity (Wildman–Crippen MR) is 145 cm³/mol. The fraction of sp³-hybridized carbons (Fsp3) is 0.556. The van der Waals surface area contributed by atoms with Gasteiger partial charge in [0.25, 0.3) is 5.91 Å². The Balaban J connectivity index is 1.18. The molecule has 1 unspecified atom stereocenters. The second-order valence-corrected chi connectivity index (χ2v) is 11.9. The van der Waals surface area contributed by atoms with Crippen LogP contribution in [0.15, 0.2) is 24.7 Å². The van der Waals surface area contributed by atoms with Crippen molar-refractivity contribution < 1.29 is 4.79 Å². The van der Waals surface area contributed by atoms with Crippen LogP contribution in [0.1, 0.15) is 41.8 Å². The minimum atomic E-state index is -0.0342. The Kier molecular flexibility index (Phi) is 6.84. The van der Waals surface area contributed by atoms with Gasteiger partial charge < -0.3 is 25.4 Å². The number of hydrogen-bond acceptors (Lipinski definition) is 8. The third kappa shape index (κ3) is 5.08. The predicted octanol–water partition coefficient (Wildman–Crippen LogP) is 3.55. The first-order valence-corrected chi connectivity index (χ1v) is 14.2. The maximum atomic E-state index is 13.0. The van der Waals surface area contributed by atoms with Gasteiger partial charge in [-0.1, -0.05) is 0 Å². The Morgan fingerprint density at radius 2 is 1.97 bits per heavy atom. The molecule has 5 heterocycles. The summed E-state index contributed by atoms with van der Waals surface area (Å²) >= 11 is 1.43. The lowest BCUT2D eigenvalue weighted by Crippen LogP contribution is -2.43. The minimum Gasteiger partial charge on any atom is -0.381 e. The Labute approximate surface area is 221 Å². The molecule has 3 aromatic heterocycles. The number of anilines is 1. The fourth-order valence-electron chi connectivity index (χ4n) is 6.35. The molecule has 194 valence electrons. The van der Waals surface area contributed by atoms with Gasteiger partial charge in [0.15, 0.2) is 0 Å². The standard InChI is InChI=1S/C27H34N8OS/c1-34-9-4-19(5-10-34)33-26(36)23-14-31-27(37-23)22-13-30-25-21(3-7-29-25)24(22)32-20-11-17-15-35(8-2-6-28)16-18(17)12-20/h3,7,13-14,17-20H,2,4-5,8-12,15-16H2,1H3,(H,33,36)(H2,29,30,32)/t17-,18+,20?. The highest BCUT2D eigenvalue weighted by Crippen LogP contribution is 2.42. The number of likely N-dealkylation sites (tertiary alicyclic amines) is 2. The van der Waals surface area contributed by atoms with Crippen LogP contribution in [0.3, 0.4) is 0 Å². The zero-order valence-electron chi connectivity index (χ0n) is 21.2. The summed E-state index contributed by atoms with van der Waals surface area (Å²) in [6.45, 7) is 5.09. The highest BCUT2D eigenvalue weighted by atomic mass is 32.1. The number of amides is 1. The molecule has 10 heteroatoms. The first-order valence-electron chi connectivity index (χ1n) is 13.3. The molecule has 3 atom stereocenters. The van der Waals surface area contributed by atoms with E-state index in [0.29, 0.717) is 29.2 Å². The summed E-state index contributed by atoms with van der Waals surface area (Å²) < 4.78 is 0. The smallest absolute Gasteiger partial charge is 0.263 e. The molecule has 1 aliphatic carbocycles. The SMILES string of the molecule is CN1CCC(NC(=O)c2cnc(-c3cnc4[nH]ccc4c3NC3C[C@@H]4CN(CCC#N)C[C@@H]4C3)s2)CC1. The summed E-state index contributed by atoms with van der Waals surface area (Å²) in [5.74, 6) is 1.32. The lowest BCUT2D eigenvalue weighted by atomic mass is 10.0. The van der Waals surface area contributed by atoms with Gasteiger partial charge in [0.1, 0.15) is 15.5 Å². The molecule has 0 aromatic carbocycles. The maximum Gasteiger partial charge on any atom is 0.263 e. The molecule has 3 fully saturated rings. The monoisotopic (exact) mass is 518 g/mol. The normalized spacial score (nSPS) is 24.8. The van der Waals surface area contributed by atoms with Gasteiger partial charge in [-0.05, 0) is 63.7 Å². The van der Waals surface area contributed by atoms with Crippen LogP contribution in [0.5, 0.6) is 0 Å².